The number of aromatic nitrogens is 1. The summed E-state index contributed by atoms with van der Waals surface area (Å²) in [5, 5.41) is 10.8. The molecule has 1 aliphatic rings. The first-order chi connectivity index (χ1) is 15.9. The van der Waals surface area contributed by atoms with Crippen LogP contribution in [0.25, 0.3) is 17.5 Å². The second-order valence-corrected chi connectivity index (χ2v) is 8.92. The molecule has 0 amide bonds. The number of allylic oxidation sites excluding steroid dienone is 1. The Morgan fingerprint density at radius 2 is 1.88 bits per heavy atom. The van der Waals surface area contributed by atoms with Crippen molar-refractivity contribution in [1.29, 1.82) is 5.26 Å². The molecule has 0 fully saturated rings. The van der Waals surface area contributed by atoms with Gasteiger partial charge in [0.2, 0.25) is 0 Å². The van der Waals surface area contributed by atoms with Gasteiger partial charge in [-0.2, -0.15) is 5.26 Å². The van der Waals surface area contributed by atoms with E-state index < -0.39 is 17.4 Å². The number of thiazole rings is 1. The zero-order valence-electron chi connectivity index (χ0n) is 17.3. The number of ether oxygens (including phenoxy) is 1. The normalized spacial score (nSPS) is 15.9. The monoisotopic (exact) mass is 497 g/mol. The van der Waals surface area contributed by atoms with Gasteiger partial charge in [-0.05, 0) is 36.3 Å². The zero-order valence-corrected chi connectivity index (χ0v) is 19.7. The third-order valence-corrected chi connectivity index (χ3v) is 6.97. The molecule has 0 radical (unpaired) electrons. The van der Waals surface area contributed by atoms with Crippen molar-refractivity contribution in [2.45, 2.75) is 12.8 Å². The topological polar surface area (TPSA) is 98.1 Å². The van der Waals surface area contributed by atoms with E-state index in [1.165, 1.54) is 4.57 Å². The van der Waals surface area contributed by atoms with E-state index in [2.05, 4.69) is 6.07 Å². The van der Waals surface area contributed by atoms with Crippen LogP contribution in [-0.2, 0) is 9.53 Å². The Hall–Kier alpha value is -3.31. The number of benzene rings is 2. The van der Waals surface area contributed by atoms with E-state index in [1.54, 1.807) is 61.5 Å². The Bertz CT molecular complexity index is 1530. The van der Waals surface area contributed by atoms with E-state index in [0.717, 1.165) is 11.3 Å². The number of carbonyl (C=O) groups excluding carboxylic acids is 1. The number of carbonyl (C=O) groups is 1. The first-order valence-corrected chi connectivity index (χ1v) is 11.5. The molecule has 9 heteroatoms. The van der Waals surface area contributed by atoms with Gasteiger partial charge in [0.25, 0.3) is 5.56 Å². The molecule has 0 aliphatic carbocycles. The lowest BCUT2D eigenvalue weighted by molar-refractivity contribution is -0.136. The third kappa shape index (κ3) is 3.98. The van der Waals surface area contributed by atoms with Crippen molar-refractivity contribution in [3.8, 4) is 6.07 Å². The summed E-state index contributed by atoms with van der Waals surface area (Å²) in [5.41, 5.74) is 7.21. The minimum absolute atomic E-state index is 0.0443. The Morgan fingerprint density at radius 3 is 2.52 bits per heavy atom. The molecule has 0 saturated carbocycles. The van der Waals surface area contributed by atoms with E-state index in [4.69, 9.17) is 33.7 Å². The highest BCUT2D eigenvalue weighted by Crippen LogP contribution is 2.39. The highest BCUT2D eigenvalue weighted by atomic mass is 35.5. The Morgan fingerprint density at radius 1 is 1.21 bits per heavy atom. The van der Waals surface area contributed by atoms with Crippen LogP contribution in [0.4, 0.5) is 0 Å². The van der Waals surface area contributed by atoms with Gasteiger partial charge < -0.3 is 10.5 Å². The number of esters is 1. The summed E-state index contributed by atoms with van der Waals surface area (Å²) in [6, 6.07) is 16.0. The van der Waals surface area contributed by atoms with Crippen molar-refractivity contribution in [3.63, 3.8) is 0 Å². The minimum atomic E-state index is -0.881. The van der Waals surface area contributed by atoms with Gasteiger partial charge in [-0.25, -0.2) is 4.79 Å². The van der Waals surface area contributed by atoms with Crippen molar-refractivity contribution in [3.05, 3.63) is 94.8 Å². The first kappa shape index (κ1) is 22.9. The maximum absolute atomic E-state index is 13.3. The molecule has 166 valence electrons. The summed E-state index contributed by atoms with van der Waals surface area (Å²) >= 11 is 13.8. The summed E-state index contributed by atoms with van der Waals surface area (Å²) < 4.78 is 7.09. The fraction of sp³-hybridized carbons (Fsp3) is 0.125. The standard InChI is InChI=1S/C24H17Cl2N3O3S/c1-2-32-24(31)20-19(14-8-4-6-10-17(14)26)15(12-27)21(28)29-22(30)18(33-23(20)29)11-13-7-3-5-9-16(13)25/h3-11,19H,2,28H2,1H3/b18-11-. The lowest BCUT2D eigenvalue weighted by Gasteiger charge is -2.25. The summed E-state index contributed by atoms with van der Waals surface area (Å²) in [6.07, 6.45) is 1.63. The lowest BCUT2D eigenvalue weighted by Crippen LogP contribution is -2.40. The Balaban J connectivity index is 2.14. The second kappa shape index (κ2) is 9.28. The van der Waals surface area contributed by atoms with Crippen molar-refractivity contribution < 1.29 is 9.53 Å². The second-order valence-electron chi connectivity index (χ2n) is 7.08. The fourth-order valence-corrected chi connectivity index (χ4v) is 5.30. The third-order valence-electron chi connectivity index (χ3n) is 5.17. The number of fused-ring (bicyclic) bond motifs is 1. The van der Waals surface area contributed by atoms with E-state index in [9.17, 15) is 14.9 Å². The molecule has 3 aromatic rings. The number of hydrogen-bond acceptors (Lipinski definition) is 6. The molecule has 2 N–H and O–H groups in total. The Kier molecular flexibility index (Phi) is 6.43. The molecule has 33 heavy (non-hydrogen) atoms. The molecule has 6 nitrogen and oxygen atoms in total. The van der Waals surface area contributed by atoms with Crippen molar-refractivity contribution >= 4 is 58.0 Å². The lowest BCUT2D eigenvalue weighted by atomic mass is 9.84. The molecule has 2 heterocycles. The van der Waals surface area contributed by atoms with Crippen molar-refractivity contribution in [2.75, 3.05) is 6.61 Å². The number of rotatable bonds is 4. The van der Waals surface area contributed by atoms with Crippen LogP contribution < -0.4 is 20.5 Å². The van der Waals surface area contributed by atoms with Gasteiger partial charge in [-0.3, -0.25) is 9.36 Å². The number of nitrogens with zero attached hydrogens (tertiary/aromatic N) is 2. The van der Waals surface area contributed by atoms with Gasteiger partial charge in [-0.1, -0.05) is 59.6 Å². The molecule has 0 bridgehead atoms. The van der Waals surface area contributed by atoms with E-state index in [-0.39, 0.29) is 28.2 Å². The maximum atomic E-state index is 13.3. The molecule has 2 aromatic carbocycles. The van der Waals surface area contributed by atoms with E-state index in [1.807, 2.05) is 0 Å². The van der Waals surface area contributed by atoms with Crippen molar-refractivity contribution in [1.82, 2.24) is 4.57 Å². The summed E-state index contributed by atoms with van der Waals surface area (Å²) in [6.45, 7) is 1.80. The number of nitrogens with two attached hydrogens (primary N) is 1. The number of halogens is 2. The largest absolute Gasteiger partial charge is 0.463 e. The summed E-state index contributed by atoms with van der Waals surface area (Å²) in [5.74, 6) is -1.58. The minimum Gasteiger partial charge on any atom is -0.463 e. The quantitative estimate of drug-likeness (QED) is 0.558. The SMILES string of the molecule is CCOC(=O)C1=c2s/c(=C\c3ccccc3Cl)c(=O)n2C(N)=C(C#N)C1c1ccccc1Cl. The zero-order chi connectivity index (χ0) is 23.7. The highest BCUT2D eigenvalue weighted by Gasteiger charge is 2.37. The van der Waals surface area contributed by atoms with Crippen LogP contribution in [0, 0.1) is 11.3 Å². The van der Waals surface area contributed by atoms with Crippen LogP contribution in [0.3, 0.4) is 0 Å². The van der Waals surface area contributed by atoms with Gasteiger partial charge in [-0.15, -0.1) is 11.3 Å². The molecule has 1 unspecified atom stereocenters. The van der Waals surface area contributed by atoms with Crippen LogP contribution in [0.15, 0.2) is 58.9 Å². The average molecular weight is 498 g/mol. The van der Waals surface area contributed by atoms with Crippen LogP contribution >= 0.6 is 34.5 Å². The van der Waals surface area contributed by atoms with E-state index >= 15 is 0 Å². The molecular weight excluding hydrogens is 481 g/mol. The predicted octanol–water partition coefficient (Wildman–Crippen LogP) is 3.21. The first-order valence-electron chi connectivity index (χ1n) is 9.93. The van der Waals surface area contributed by atoms with Gasteiger partial charge in [0.05, 0.1) is 34.3 Å². The maximum Gasteiger partial charge on any atom is 0.338 e. The molecule has 1 aliphatic heterocycles. The van der Waals surface area contributed by atoms with Crippen molar-refractivity contribution in [2.24, 2.45) is 5.73 Å². The molecule has 0 saturated heterocycles. The van der Waals surface area contributed by atoms with Gasteiger partial charge >= 0.3 is 5.97 Å². The highest BCUT2D eigenvalue weighted by molar-refractivity contribution is 7.07. The van der Waals surface area contributed by atoms with Gasteiger partial charge in [0.15, 0.2) is 0 Å². The molecule has 1 aromatic heterocycles. The number of nitriles is 1. The molecule has 0 spiro atoms. The van der Waals surface area contributed by atoms with Gasteiger partial charge in [0.1, 0.15) is 10.5 Å². The smallest absolute Gasteiger partial charge is 0.338 e. The summed E-state index contributed by atoms with van der Waals surface area (Å²) in [7, 11) is 0. The van der Waals surface area contributed by atoms with Gasteiger partial charge in [0, 0.05) is 10.0 Å². The Labute approximate surface area is 203 Å². The van der Waals surface area contributed by atoms with Crippen LogP contribution in [0.5, 0.6) is 0 Å². The van der Waals surface area contributed by atoms with Crippen LogP contribution in [0.1, 0.15) is 24.0 Å². The fourth-order valence-electron chi connectivity index (χ4n) is 3.71. The average Bonchev–Trinajstić information content (AvgIpc) is 3.11. The molecule has 4 rings (SSSR count). The predicted molar refractivity (Wildman–Crippen MR) is 130 cm³/mol. The van der Waals surface area contributed by atoms with E-state index in [0.29, 0.717) is 25.7 Å². The number of hydrogen-bond donors (Lipinski definition) is 1. The van der Waals surface area contributed by atoms with Crippen LogP contribution in [-0.4, -0.2) is 17.1 Å². The summed E-state index contributed by atoms with van der Waals surface area (Å²) in [4.78, 5) is 26.5. The molecule has 1 atom stereocenters. The molecular formula is C24H17Cl2N3O3S. The van der Waals surface area contributed by atoms with Crippen LogP contribution in [0.2, 0.25) is 10.0 Å².